The van der Waals surface area contributed by atoms with E-state index in [0.717, 1.165) is 17.0 Å². The van der Waals surface area contributed by atoms with Gasteiger partial charge < -0.3 is 19.3 Å². The van der Waals surface area contributed by atoms with Crippen molar-refractivity contribution in [2.45, 2.75) is 96.3 Å². The minimum Gasteiger partial charge on any atom is -0.444 e. The summed E-state index contributed by atoms with van der Waals surface area (Å²) in [6.07, 6.45) is -17.3. The van der Waals surface area contributed by atoms with Crippen molar-refractivity contribution in [1.29, 1.82) is 0 Å². The lowest BCUT2D eigenvalue weighted by Gasteiger charge is -2.40. The lowest BCUT2D eigenvalue weighted by Crippen LogP contribution is -2.48. The Balaban J connectivity index is 1.64. The topological polar surface area (TPSA) is 62.3 Å². The highest BCUT2D eigenvalue weighted by Gasteiger charge is 2.44. The molecule has 2 saturated heterocycles. The van der Waals surface area contributed by atoms with Gasteiger partial charge in [0.15, 0.2) is 0 Å². The van der Waals surface area contributed by atoms with Crippen LogP contribution in [0, 0.1) is 0 Å². The third kappa shape index (κ3) is 8.41. The maximum absolute atomic E-state index is 13.8. The quantitative estimate of drug-likeness (QED) is 0.282. The minimum absolute atomic E-state index is 0.0467. The third-order valence-electron chi connectivity index (χ3n) is 8.29. The lowest BCUT2D eigenvalue weighted by atomic mass is 9.97. The number of cyclic esters (lactones) is 1. The Morgan fingerprint density at radius 1 is 0.875 bits per heavy atom. The van der Waals surface area contributed by atoms with Crippen molar-refractivity contribution in [2.24, 2.45) is 0 Å². The van der Waals surface area contributed by atoms with E-state index in [9.17, 15) is 49.1 Å². The van der Waals surface area contributed by atoms with Crippen LogP contribution in [-0.4, -0.2) is 59.3 Å². The van der Waals surface area contributed by atoms with Crippen LogP contribution in [0.4, 0.5) is 54.8 Å². The van der Waals surface area contributed by atoms with Gasteiger partial charge in [0.2, 0.25) is 0 Å². The minimum atomic E-state index is -5.14. The molecule has 1 unspecified atom stereocenters. The second-order valence-electron chi connectivity index (χ2n) is 12.8. The van der Waals surface area contributed by atoms with Gasteiger partial charge in [0.05, 0.1) is 29.3 Å². The summed E-state index contributed by atoms with van der Waals surface area (Å²) in [6, 6.07) is 2.54. The fourth-order valence-corrected chi connectivity index (χ4v) is 5.97. The molecule has 0 N–H and O–H groups in total. The number of nitrogens with zero attached hydrogens (tertiary/aromatic N) is 3. The summed E-state index contributed by atoms with van der Waals surface area (Å²) >= 11 is 0. The number of piperidine rings is 1. The Labute approximate surface area is 271 Å². The van der Waals surface area contributed by atoms with Crippen molar-refractivity contribution < 1.29 is 58.6 Å². The fraction of sp³-hybridized carbons (Fsp3) is 0.562. The smallest absolute Gasteiger partial charge is 0.416 e. The van der Waals surface area contributed by atoms with E-state index < -0.39 is 77.3 Å². The van der Waals surface area contributed by atoms with Gasteiger partial charge in [-0.25, -0.2) is 9.59 Å². The number of carbonyl (C=O) groups excluding carboxylic acids is 2. The molecule has 2 aliphatic rings. The molecule has 7 nitrogen and oxygen atoms in total. The number of hydrogen-bond acceptors (Lipinski definition) is 5. The van der Waals surface area contributed by atoms with E-state index in [-0.39, 0.29) is 17.7 Å². The van der Waals surface area contributed by atoms with Crippen LogP contribution < -0.4 is 4.90 Å². The number of amides is 2. The van der Waals surface area contributed by atoms with Crippen LogP contribution in [0.1, 0.15) is 81.4 Å². The van der Waals surface area contributed by atoms with Crippen LogP contribution in [0.5, 0.6) is 0 Å². The maximum atomic E-state index is 13.8. The molecule has 4 rings (SSSR count). The molecule has 0 saturated carbocycles. The molecule has 0 aromatic heterocycles. The summed E-state index contributed by atoms with van der Waals surface area (Å²) in [6.45, 7) is 8.83. The van der Waals surface area contributed by atoms with Crippen LogP contribution in [-0.2, 0) is 34.5 Å². The Morgan fingerprint density at radius 2 is 1.42 bits per heavy atom. The van der Waals surface area contributed by atoms with Crippen molar-refractivity contribution >= 4 is 17.9 Å². The molecular weight excluding hydrogens is 661 g/mol. The van der Waals surface area contributed by atoms with E-state index in [1.807, 2.05) is 4.90 Å². The highest BCUT2D eigenvalue weighted by Crippen LogP contribution is 2.42. The van der Waals surface area contributed by atoms with Gasteiger partial charge in [-0.05, 0) is 95.0 Å². The van der Waals surface area contributed by atoms with Gasteiger partial charge in [0.25, 0.3) is 0 Å². The molecule has 48 heavy (non-hydrogen) atoms. The van der Waals surface area contributed by atoms with E-state index in [1.165, 1.54) is 13.0 Å². The van der Waals surface area contributed by atoms with E-state index in [2.05, 4.69) is 0 Å². The zero-order valence-electron chi connectivity index (χ0n) is 26.8. The first kappa shape index (κ1) is 37.0. The highest BCUT2D eigenvalue weighted by atomic mass is 19.4. The van der Waals surface area contributed by atoms with Crippen molar-refractivity contribution in [1.82, 2.24) is 9.80 Å². The summed E-state index contributed by atoms with van der Waals surface area (Å²) in [5.41, 5.74) is -5.06. The number of halogens is 9. The fourth-order valence-electron chi connectivity index (χ4n) is 5.97. The SMILES string of the molecule is CCN(c1ccc(C(F)(F)F)cc1CN1C(=O)O[C@H](c2cc(C(F)(F)F)cc(C(F)(F)F)c2)C1C)C1CCN(C(=O)OC(C)(C)C)CC1. The van der Waals surface area contributed by atoms with Crippen molar-refractivity contribution in [2.75, 3.05) is 24.5 Å². The molecule has 0 aliphatic carbocycles. The van der Waals surface area contributed by atoms with Gasteiger partial charge in [0.1, 0.15) is 11.7 Å². The van der Waals surface area contributed by atoms with Gasteiger partial charge in [-0.15, -0.1) is 0 Å². The number of anilines is 1. The summed E-state index contributed by atoms with van der Waals surface area (Å²) in [4.78, 5) is 30.0. The summed E-state index contributed by atoms with van der Waals surface area (Å²) in [5, 5.41) is 0. The van der Waals surface area contributed by atoms with Crippen molar-refractivity contribution in [3.8, 4) is 0 Å². The number of alkyl halides is 9. The Bertz CT molecular complexity index is 1460. The summed E-state index contributed by atoms with van der Waals surface area (Å²) in [5.74, 6) is 0. The molecule has 2 aromatic carbocycles. The first-order chi connectivity index (χ1) is 22.0. The molecule has 2 aliphatic heterocycles. The van der Waals surface area contributed by atoms with Crippen molar-refractivity contribution in [3.05, 3.63) is 64.2 Å². The maximum Gasteiger partial charge on any atom is 0.416 e. The molecule has 0 radical (unpaired) electrons. The van der Waals surface area contributed by atoms with Gasteiger partial charge in [-0.3, -0.25) is 4.90 Å². The number of ether oxygens (including phenoxy) is 2. The molecule has 2 amide bonds. The van der Waals surface area contributed by atoms with Crippen LogP contribution >= 0.6 is 0 Å². The molecule has 2 fully saturated rings. The number of likely N-dealkylation sites (tertiary alicyclic amines) is 1. The van der Waals surface area contributed by atoms with E-state index in [1.54, 1.807) is 32.6 Å². The normalized spacial score (nSPS) is 19.8. The summed E-state index contributed by atoms with van der Waals surface area (Å²) in [7, 11) is 0. The predicted molar refractivity (Wildman–Crippen MR) is 156 cm³/mol. The van der Waals surface area contributed by atoms with Gasteiger partial charge in [-0.1, -0.05) is 0 Å². The largest absolute Gasteiger partial charge is 0.444 e. The molecule has 2 aromatic rings. The molecule has 266 valence electrons. The van der Waals surface area contributed by atoms with Crippen LogP contribution in [0.25, 0.3) is 0 Å². The second kappa shape index (κ2) is 13.2. The number of rotatable bonds is 6. The van der Waals surface area contributed by atoms with Crippen LogP contribution in [0.3, 0.4) is 0 Å². The van der Waals surface area contributed by atoms with Crippen molar-refractivity contribution in [3.63, 3.8) is 0 Å². The van der Waals surface area contributed by atoms with Gasteiger partial charge >= 0.3 is 30.7 Å². The molecule has 16 heteroatoms. The Hall–Kier alpha value is -3.85. The highest BCUT2D eigenvalue weighted by molar-refractivity contribution is 5.72. The summed E-state index contributed by atoms with van der Waals surface area (Å²) < 4.78 is 133. The van der Waals surface area contributed by atoms with E-state index in [0.29, 0.717) is 50.3 Å². The van der Waals surface area contributed by atoms with Gasteiger partial charge in [0, 0.05) is 31.4 Å². The Kier molecular flexibility index (Phi) is 10.2. The molecule has 2 heterocycles. The molecule has 0 bridgehead atoms. The number of benzene rings is 2. The van der Waals surface area contributed by atoms with E-state index in [4.69, 9.17) is 9.47 Å². The molecule has 2 atom stereocenters. The van der Waals surface area contributed by atoms with Crippen LogP contribution in [0.15, 0.2) is 36.4 Å². The molecular formula is C32H36F9N3O4. The zero-order chi connectivity index (χ0) is 36.0. The number of carbonyl (C=O) groups is 2. The monoisotopic (exact) mass is 697 g/mol. The first-order valence-electron chi connectivity index (χ1n) is 15.2. The third-order valence-corrected chi connectivity index (χ3v) is 8.29. The predicted octanol–water partition coefficient (Wildman–Crippen LogP) is 9.05. The first-order valence-corrected chi connectivity index (χ1v) is 15.2. The average molecular weight is 698 g/mol. The average Bonchev–Trinajstić information content (AvgIpc) is 3.24. The second-order valence-corrected chi connectivity index (χ2v) is 12.8. The standard InChI is InChI=1S/C32H36F9N3O4/c1-6-43(24-9-11-42(12-10-24)27(45)48-29(3,4)5)25-8-7-21(30(33,34)35)15-20(25)17-44-18(2)26(47-28(44)46)19-13-22(31(36,37)38)16-23(14-19)32(39,40)41/h7-8,13-16,18,24,26H,6,9-12,17H2,1-5H3/t18?,26-/m0/s1. The van der Waals surface area contributed by atoms with E-state index >= 15 is 0 Å². The number of hydrogen-bond donors (Lipinski definition) is 0. The molecule has 0 spiro atoms. The van der Waals surface area contributed by atoms with Gasteiger partial charge in [-0.2, -0.15) is 39.5 Å². The zero-order valence-corrected chi connectivity index (χ0v) is 26.8. The Morgan fingerprint density at radius 3 is 1.90 bits per heavy atom. The van der Waals surface area contributed by atoms with Crippen LogP contribution in [0.2, 0.25) is 0 Å². The lowest BCUT2D eigenvalue weighted by molar-refractivity contribution is -0.143.